The SMILES string of the molecule is NCc1conc1-c1cccc(Br)c1. The van der Waals surface area contributed by atoms with E-state index >= 15 is 0 Å². The van der Waals surface area contributed by atoms with Crippen molar-refractivity contribution in [2.45, 2.75) is 6.54 Å². The van der Waals surface area contributed by atoms with Crippen molar-refractivity contribution in [2.75, 3.05) is 0 Å². The zero-order chi connectivity index (χ0) is 9.97. The summed E-state index contributed by atoms with van der Waals surface area (Å²) >= 11 is 3.40. The van der Waals surface area contributed by atoms with Crippen LogP contribution in [0.5, 0.6) is 0 Å². The first-order valence-corrected chi connectivity index (χ1v) is 5.00. The number of rotatable bonds is 2. The Balaban J connectivity index is 2.49. The van der Waals surface area contributed by atoms with Gasteiger partial charge in [-0.2, -0.15) is 0 Å². The van der Waals surface area contributed by atoms with Gasteiger partial charge < -0.3 is 10.3 Å². The minimum absolute atomic E-state index is 0.436. The average Bonchev–Trinajstić information content (AvgIpc) is 2.65. The van der Waals surface area contributed by atoms with E-state index in [-0.39, 0.29) is 0 Å². The highest BCUT2D eigenvalue weighted by molar-refractivity contribution is 9.10. The fourth-order valence-corrected chi connectivity index (χ4v) is 1.68. The van der Waals surface area contributed by atoms with E-state index in [2.05, 4.69) is 21.1 Å². The third-order valence-electron chi connectivity index (χ3n) is 1.96. The van der Waals surface area contributed by atoms with Gasteiger partial charge in [0.2, 0.25) is 0 Å². The Bertz CT molecular complexity index is 439. The lowest BCUT2D eigenvalue weighted by atomic mass is 10.1. The molecule has 4 heteroatoms. The Hall–Kier alpha value is -1.13. The summed E-state index contributed by atoms with van der Waals surface area (Å²) in [5, 5.41) is 3.92. The lowest BCUT2D eigenvalue weighted by Gasteiger charge is -1.98. The molecule has 1 heterocycles. The van der Waals surface area contributed by atoms with E-state index in [4.69, 9.17) is 10.3 Å². The van der Waals surface area contributed by atoms with Crippen molar-refractivity contribution in [1.82, 2.24) is 5.16 Å². The van der Waals surface area contributed by atoms with Crippen molar-refractivity contribution in [1.29, 1.82) is 0 Å². The van der Waals surface area contributed by atoms with E-state index in [1.807, 2.05) is 24.3 Å². The van der Waals surface area contributed by atoms with Gasteiger partial charge in [-0.05, 0) is 12.1 Å². The topological polar surface area (TPSA) is 52.0 Å². The first-order valence-electron chi connectivity index (χ1n) is 4.20. The Kier molecular flexibility index (Phi) is 2.65. The van der Waals surface area contributed by atoms with Crippen LogP contribution in [0.25, 0.3) is 11.3 Å². The first-order chi connectivity index (χ1) is 6.81. The second-order valence-electron chi connectivity index (χ2n) is 2.90. The van der Waals surface area contributed by atoms with Crippen LogP contribution in [0.15, 0.2) is 39.5 Å². The van der Waals surface area contributed by atoms with Crippen LogP contribution in [-0.2, 0) is 6.54 Å². The van der Waals surface area contributed by atoms with Crippen molar-refractivity contribution in [3.05, 3.63) is 40.6 Å². The van der Waals surface area contributed by atoms with Crippen molar-refractivity contribution < 1.29 is 4.52 Å². The number of nitrogens with zero attached hydrogens (tertiary/aromatic N) is 1. The molecule has 3 nitrogen and oxygen atoms in total. The minimum atomic E-state index is 0.436. The maximum Gasteiger partial charge on any atom is 0.128 e. The van der Waals surface area contributed by atoms with Crippen LogP contribution < -0.4 is 5.73 Å². The third-order valence-corrected chi connectivity index (χ3v) is 2.45. The second-order valence-corrected chi connectivity index (χ2v) is 3.82. The van der Waals surface area contributed by atoms with Gasteiger partial charge in [-0.1, -0.05) is 33.2 Å². The Morgan fingerprint density at radius 3 is 3.00 bits per heavy atom. The molecule has 0 spiro atoms. The van der Waals surface area contributed by atoms with E-state index in [0.29, 0.717) is 6.54 Å². The number of hydrogen-bond donors (Lipinski definition) is 1. The standard InChI is InChI=1S/C10H9BrN2O/c11-9-3-1-2-7(4-9)10-8(5-12)6-14-13-10/h1-4,6H,5,12H2. The van der Waals surface area contributed by atoms with E-state index in [1.165, 1.54) is 0 Å². The largest absolute Gasteiger partial charge is 0.364 e. The second kappa shape index (κ2) is 3.94. The van der Waals surface area contributed by atoms with Gasteiger partial charge in [-0.25, -0.2) is 0 Å². The van der Waals surface area contributed by atoms with Crippen LogP contribution in [0, 0.1) is 0 Å². The molecule has 2 rings (SSSR count). The number of benzene rings is 1. The van der Waals surface area contributed by atoms with Crippen molar-refractivity contribution in [3.63, 3.8) is 0 Å². The lowest BCUT2D eigenvalue weighted by molar-refractivity contribution is 0.421. The molecule has 0 aliphatic carbocycles. The van der Waals surface area contributed by atoms with Crippen LogP contribution in [0.4, 0.5) is 0 Å². The Morgan fingerprint density at radius 2 is 2.29 bits per heavy atom. The monoisotopic (exact) mass is 252 g/mol. The summed E-state index contributed by atoms with van der Waals surface area (Å²) in [7, 11) is 0. The maximum atomic E-state index is 5.56. The van der Waals surface area contributed by atoms with Gasteiger partial charge >= 0.3 is 0 Å². The van der Waals surface area contributed by atoms with E-state index in [1.54, 1.807) is 6.26 Å². The van der Waals surface area contributed by atoms with E-state index < -0.39 is 0 Å². The summed E-state index contributed by atoms with van der Waals surface area (Å²) in [4.78, 5) is 0. The summed E-state index contributed by atoms with van der Waals surface area (Å²) in [5.41, 5.74) is 8.30. The molecule has 0 bridgehead atoms. The van der Waals surface area contributed by atoms with E-state index in [9.17, 15) is 0 Å². The van der Waals surface area contributed by atoms with Crippen LogP contribution in [0.3, 0.4) is 0 Å². The normalized spacial score (nSPS) is 10.4. The molecule has 0 unspecified atom stereocenters. The van der Waals surface area contributed by atoms with Gasteiger partial charge in [0.25, 0.3) is 0 Å². The molecular weight excluding hydrogens is 244 g/mol. The van der Waals surface area contributed by atoms with Crippen molar-refractivity contribution in [3.8, 4) is 11.3 Å². The summed E-state index contributed by atoms with van der Waals surface area (Å²) in [6.45, 7) is 0.436. The van der Waals surface area contributed by atoms with Gasteiger partial charge in [-0.15, -0.1) is 0 Å². The van der Waals surface area contributed by atoms with Gasteiger partial charge in [0.05, 0.1) is 0 Å². The molecule has 2 aromatic rings. The molecule has 0 atom stereocenters. The molecule has 72 valence electrons. The smallest absolute Gasteiger partial charge is 0.128 e. The van der Waals surface area contributed by atoms with Gasteiger partial charge in [0.15, 0.2) is 0 Å². The molecule has 1 aromatic carbocycles. The zero-order valence-corrected chi connectivity index (χ0v) is 8.99. The van der Waals surface area contributed by atoms with E-state index in [0.717, 1.165) is 21.3 Å². The summed E-state index contributed by atoms with van der Waals surface area (Å²) < 4.78 is 5.90. The fourth-order valence-electron chi connectivity index (χ4n) is 1.28. The van der Waals surface area contributed by atoms with Gasteiger partial charge in [0.1, 0.15) is 12.0 Å². The van der Waals surface area contributed by atoms with Crippen LogP contribution in [-0.4, -0.2) is 5.16 Å². The molecule has 0 fully saturated rings. The fraction of sp³-hybridized carbons (Fsp3) is 0.100. The third kappa shape index (κ3) is 1.71. The Morgan fingerprint density at radius 1 is 1.43 bits per heavy atom. The first kappa shape index (κ1) is 9.43. The molecule has 2 N–H and O–H groups in total. The van der Waals surface area contributed by atoms with Crippen LogP contribution >= 0.6 is 15.9 Å². The quantitative estimate of drug-likeness (QED) is 0.894. The summed E-state index contributed by atoms with van der Waals surface area (Å²) in [6, 6.07) is 7.87. The van der Waals surface area contributed by atoms with Crippen LogP contribution in [0.2, 0.25) is 0 Å². The predicted molar refractivity (Wildman–Crippen MR) is 57.5 cm³/mol. The van der Waals surface area contributed by atoms with Gasteiger partial charge in [-0.3, -0.25) is 0 Å². The highest BCUT2D eigenvalue weighted by Crippen LogP contribution is 2.24. The highest BCUT2D eigenvalue weighted by Gasteiger charge is 2.08. The molecule has 0 aliphatic rings. The molecule has 0 amide bonds. The number of aromatic nitrogens is 1. The molecule has 14 heavy (non-hydrogen) atoms. The van der Waals surface area contributed by atoms with Gasteiger partial charge in [0, 0.05) is 22.1 Å². The molecule has 0 aliphatic heterocycles. The highest BCUT2D eigenvalue weighted by atomic mass is 79.9. The van der Waals surface area contributed by atoms with Crippen LogP contribution in [0.1, 0.15) is 5.56 Å². The molecule has 0 saturated carbocycles. The Labute approximate surface area is 90.0 Å². The lowest BCUT2D eigenvalue weighted by Crippen LogP contribution is -1.96. The number of nitrogens with two attached hydrogens (primary N) is 1. The molecule has 0 saturated heterocycles. The summed E-state index contributed by atoms with van der Waals surface area (Å²) in [5.74, 6) is 0. The maximum absolute atomic E-state index is 5.56. The molecular formula is C10H9BrN2O. The van der Waals surface area contributed by atoms with Crippen molar-refractivity contribution >= 4 is 15.9 Å². The minimum Gasteiger partial charge on any atom is -0.364 e. The molecule has 1 aromatic heterocycles. The molecule has 0 radical (unpaired) electrons. The average molecular weight is 253 g/mol. The number of halogens is 1. The number of hydrogen-bond acceptors (Lipinski definition) is 3. The van der Waals surface area contributed by atoms with Crippen molar-refractivity contribution in [2.24, 2.45) is 5.73 Å². The predicted octanol–water partition coefficient (Wildman–Crippen LogP) is 2.56. The summed E-state index contributed by atoms with van der Waals surface area (Å²) in [6.07, 6.45) is 1.58. The zero-order valence-electron chi connectivity index (χ0n) is 7.40.